The molecule has 1 saturated heterocycles. The summed E-state index contributed by atoms with van der Waals surface area (Å²) >= 11 is 0. The van der Waals surface area contributed by atoms with Crippen molar-refractivity contribution in [3.8, 4) is 0 Å². The number of non-ortho nitro benzene ring substituents is 1. The van der Waals surface area contributed by atoms with Crippen molar-refractivity contribution < 1.29 is 19.0 Å². The number of ether oxygens (including phenoxy) is 1. The van der Waals surface area contributed by atoms with E-state index in [0.29, 0.717) is 11.5 Å². The van der Waals surface area contributed by atoms with Crippen LogP contribution in [-0.4, -0.2) is 34.1 Å². The second-order valence-corrected chi connectivity index (χ2v) is 6.43. The summed E-state index contributed by atoms with van der Waals surface area (Å²) in [6, 6.07) is 4.25. The molecule has 3 rings (SSSR count). The van der Waals surface area contributed by atoms with E-state index >= 15 is 0 Å². The number of hydrogen-bond donors (Lipinski definition) is 0. The molecule has 0 spiro atoms. The van der Waals surface area contributed by atoms with E-state index in [0.717, 1.165) is 25.9 Å². The molecule has 0 atom stereocenters. The molecule has 1 aliphatic rings. The summed E-state index contributed by atoms with van der Waals surface area (Å²) in [4.78, 5) is 29.3. The Balaban J connectivity index is 1.79. The molecule has 1 aromatic heterocycles. The third-order valence-corrected chi connectivity index (χ3v) is 4.18. The lowest BCUT2D eigenvalue weighted by molar-refractivity contribution is -0.384. The number of nitro groups is 1. The Morgan fingerprint density at radius 1 is 1.38 bits per heavy atom. The van der Waals surface area contributed by atoms with Crippen LogP contribution in [-0.2, 0) is 11.3 Å². The number of anilines is 1. The minimum atomic E-state index is -0.653. The number of esters is 1. The first-order valence-corrected chi connectivity index (χ1v) is 8.48. The zero-order valence-electron chi connectivity index (χ0n) is 14.7. The Morgan fingerprint density at radius 3 is 2.73 bits per heavy atom. The number of hydrogen-bond acceptors (Lipinski definition) is 8. The summed E-state index contributed by atoms with van der Waals surface area (Å²) in [5.41, 5.74) is 0.663. The highest BCUT2D eigenvalue weighted by Gasteiger charge is 2.24. The van der Waals surface area contributed by atoms with E-state index in [2.05, 4.69) is 10.1 Å². The fourth-order valence-corrected chi connectivity index (χ4v) is 2.80. The summed E-state index contributed by atoms with van der Waals surface area (Å²) in [6.45, 7) is 5.28. The van der Waals surface area contributed by atoms with Gasteiger partial charge >= 0.3 is 5.97 Å². The van der Waals surface area contributed by atoms with Crippen LogP contribution in [0.1, 0.15) is 54.7 Å². The fourth-order valence-electron chi connectivity index (χ4n) is 2.80. The molecule has 0 unspecified atom stereocenters. The summed E-state index contributed by atoms with van der Waals surface area (Å²) in [7, 11) is 0. The van der Waals surface area contributed by atoms with Gasteiger partial charge in [-0.3, -0.25) is 10.1 Å². The third kappa shape index (κ3) is 3.81. The van der Waals surface area contributed by atoms with Gasteiger partial charge in [0, 0.05) is 31.1 Å². The van der Waals surface area contributed by atoms with E-state index in [1.54, 1.807) is 6.07 Å². The van der Waals surface area contributed by atoms with Gasteiger partial charge < -0.3 is 14.2 Å². The molecule has 138 valence electrons. The molecule has 9 heteroatoms. The number of nitro benzene ring substituents is 1. The van der Waals surface area contributed by atoms with Crippen molar-refractivity contribution in [1.29, 1.82) is 0 Å². The molecule has 2 aromatic rings. The van der Waals surface area contributed by atoms with E-state index in [4.69, 9.17) is 9.26 Å². The van der Waals surface area contributed by atoms with E-state index in [1.165, 1.54) is 12.1 Å². The van der Waals surface area contributed by atoms with Crippen LogP contribution >= 0.6 is 0 Å². The molecule has 9 nitrogen and oxygen atoms in total. The second kappa shape index (κ2) is 7.51. The van der Waals surface area contributed by atoms with Crippen LogP contribution in [0.15, 0.2) is 22.7 Å². The minimum absolute atomic E-state index is 0.0988. The van der Waals surface area contributed by atoms with Gasteiger partial charge in [-0.1, -0.05) is 19.0 Å². The van der Waals surface area contributed by atoms with Crippen molar-refractivity contribution in [2.75, 3.05) is 18.0 Å². The van der Waals surface area contributed by atoms with Gasteiger partial charge in [-0.15, -0.1) is 0 Å². The first kappa shape index (κ1) is 17.8. The maximum atomic E-state index is 12.5. The molecular weight excluding hydrogens is 340 g/mol. The SMILES string of the molecule is CC(C)c1noc(COC(=O)c2cc([N+](=O)[O-])ccc2N2CCCC2)n1. The van der Waals surface area contributed by atoms with Crippen LogP contribution in [0, 0.1) is 10.1 Å². The minimum Gasteiger partial charge on any atom is -0.452 e. The first-order chi connectivity index (χ1) is 12.5. The quantitative estimate of drug-likeness (QED) is 0.439. The highest BCUT2D eigenvalue weighted by molar-refractivity contribution is 5.96. The lowest BCUT2D eigenvalue weighted by atomic mass is 10.1. The molecule has 0 saturated carbocycles. The van der Waals surface area contributed by atoms with Crippen LogP contribution < -0.4 is 4.90 Å². The van der Waals surface area contributed by atoms with Crippen molar-refractivity contribution in [2.45, 2.75) is 39.2 Å². The predicted molar refractivity (Wildman–Crippen MR) is 92.0 cm³/mol. The number of benzene rings is 1. The predicted octanol–water partition coefficient (Wildman–Crippen LogP) is 3.06. The molecule has 0 radical (unpaired) electrons. The summed E-state index contributed by atoms with van der Waals surface area (Å²) in [6.07, 6.45) is 2.04. The van der Waals surface area contributed by atoms with Gasteiger partial charge in [0.2, 0.25) is 0 Å². The maximum Gasteiger partial charge on any atom is 0.341 e. The van der Waals surface area contributed by atoms with Crippen LogP contribution in [0.4, 0.5) is 11.4 Å². The topological polar surface area (TPSA) is 112 Å². The maximum absolute atomic E-state index is 12.5. The van der Waals surface area contributed by atoms with E-state index in [9.17, 15) is 14.9 Å². The fraction of sp³-hybridized carbons (Fsp3) is 0.471. The van der Waals surface area contributed by atoms with E-state index in [1.807, 2.05) is 18.7 Å². The highest BCUT2D eigenvalue weighted by atomic mass is 16.6. The molecule has 26 heavy (non-hydrogen) atoms. The zero-order valence-corrected chi connectivity index (χ0v) is 14.7. The molecule has 0 aliphatic carbocycles. The van der Waals surface area contributed by atoms with E-state index < -0.39 is 10.9 Å². The lowest BCUT2D eigenvalue weighted by Crippen LogP contribution is -2.21. The van der Waals surface area contributed by atoms with Gasteiger partial charge in [-0.25, -0.2) is 4.79 Å². The normalized spacial score (nSPS) is 14.0. The van der Waals surface area contributed by atoms with Gasteiger partial charge in [-0.05, 0) is 18.9 Å². The van der Waals surface area contributed by atoms with E-state index in [-0.39, 0.29) is 29.7 Å². The average Bonchev–Trinajstić information content (AvgIpc) is 3.30. The number of aromatic nitrogens is 2. The highest BCUT2D eigenvalue weighted by Crippen LogP contribution is 2.29. The van der Waals surface area contributed by atoms with Gasteiger partial charge in [0.25, 0.3) is 11.6 Å². The Hall–Kier alpha value is -2.97. The number of carbonyl (C=O) groups is 1. The molecule has 1 aromatic carbocycles. The Kier molecular flexibility index (Phi) is 5.15. The Labute approximate surface area is 150 Å². The van der Waals surface area contributed by atoms with Crippen molar-refractivity contribution in [3.05, 3.63) is 45.6 Å². The summed E-state index contributed by atoms with van der Waals surface area (Å²) in [5, 5.41) is 14.9. The van der Waals surface area contributed by atoms with Crippen LogP contribution in [0.3, 0.4) is 0 Å². The molecule has 0 N–H and O–H groups in total. The number of nitrogens with zero attached hydrogens (tertiary/aromatic N) is 4. The summed E-state index contributed by atoms with van der Waals surface area (Å²) in [5.74, 6) is 0.168. The smallest absolute Gasteiger partial charge is 0.341 e. The van der Waals surface area contributed by atoms with Gasteiger partial charge in [-0.2, -0.15) is 4.98 Å². The largest absolute Gasteiger partial charge is 0.452 e. The molecule has 1 aliphatic heterocycles. The van der Waals surface area contributed by atoms with Crippen molar-refractivity contribution in [3.63, 3.8) is 0 Å². The van der Waals surface area contributed by atoms with Crippen LogP contribution in [0.25, 0.3) is 0 Å². The number of rotatable bonds is 6. The van der Waals surface area contributed by atoms with Crippen molar-refractivity contribution >= 4 is 17.3 Å². The summed E-state index contributed by atoms with van der Waals surface area (Å²) < 4.78 is 10.3. The van der Waals surface area contributed by atoms with Crippen molar-refractivity contribution in [2.24, 2.45) is 0 Å². The third-order valence-electron chi connectivity index (χ3n) is 4.18. The molecule has 0 bridgehead atoms. The monoisotopic (exact) mass is 360 g/mol. The second-order valence-electron chi connectivity index (χ2n) is 6.43. The molecular formula is C17H20N4O5. The molecule has 2 heterocycles. The van der Waals surface area contributed by atoms with Crippen LogP contribution in [0.5, 0.6) is 0 Å². The average molecular weight is 360 g/mol. The van der Waals surface area contributed by atoms with Crippen molar-refractivity contribution in [1.82, 2.24) is 10.1 Å². The molecule has 1 fully saturated rings. The Morgan fingerprint density at radius 2 is 2.12 bits per heavy atom. The standard InChI is InChI=1S/C17H20N4O5/c1-11(2)16-18-15(26-19-16)10-25-17(22)13-9-12(21(23)24)5-6-14(13)20-7-3-4-8-20/h5-6,9,11H,3-4,7-8,10H2,1-2H3. The number of carbonyl (C=O) groups excluding carboxylic acids is 1. The van der Waals surface area contributed by atoms with Gasteiger partial charge in [0.1, 0.15) is 0 Å². The van der Waals surface area contributed by atoms with Gasteiger partial charge in [0.15, 0.2) is 12.4 Å². The van der Waals surface area contributed by atoms with Gasteiger partial charge in [0.05, 0.1) is 16.2 Å². The Bertz CT molecular complexity index is 811. The lowest BCUT2D eigenvalue weighted by Gasteiger charge is -2.20. The first-order valence-electron chi connectivity index (χ1n) is 8.48. The molecule has 0 amide bonds. The van der Waals surface area contributed by atoms with Crippen LogP contribution in [0.2, 0.25) is 0 Å². The zero-order chi connectivity index (χ0) is 18.7.